The van der Waals surface area contributed by atoms with Gasteiger partial charge < -0.3 is 10.1 Å². The Bertz CT molecular complexity index is 806. The largest absolute Gasteiger partial charge is 0.489 e. The van der Waals surface area contributed by atoms with Gasteiger partial charge >= 0.3 is 0 Å². The van der Waals surface area contributed by atoms with E-state index < -0.39 is 10.8 Å². The summed E-state index contributed by atoms with van der Waals surface area (Å²) in [6.45, 7) is 3.96. The number of nitrogens with zero attached hydrogens (tertiary/aromatic N) is 1. The van der Waals surface area contributed by atoms with E-state index >= 15 is 0 Å². The second kappa shape index (κ2) is 8.55. The Hall–Kier alpha value is -3.26. The second-order valence-electron chi connectivity index (χ2n) is 4.84. The van der Waals surface area contributed by atoms with Gasteiger partial charge in [0.1, 0.15) is 12.4 Å². The first-order chi connectivity index (χ1) is 12.0. The highest BCUT2D eigenvalue weighted by molar-refractivity contribution is 7.80. The summed E-state index contributed by atoms with van der Waals surface area (Å²) < 4.78 is 5.41. The molecule has 0 aromatic heterocycles. The average molecular weight is 357 g/mol. The molecule has 0 aliphatic carbocycles. The summed E-state index contributed by atoms with van der Waals surface area (Å²) in [6.07, 6.45) is 1.63. The number of nitrogens with one attached hydrogen (secondary N) is 2. The predicted molar refractivity (Wildman–Crippen MR) is 98.9 cm³/mol. The number of thiocarbonyl (C=S) groups is 1. The zero-order chi connectivity index (χ0) is 18.2. The highest BCUT2D eigenvalue weighted by Gasteiger charge is 2.11. The summed E-state index contributed by atoms with van der Waals surface area (Å²) in [5.41, 5.74) is 0.821. The minimum atomic E-state index is -0.532. The molecular formula is C17H15N3O4S. The van der Waals surface area contributed by atoms with Crippen LogP contribution in [0.1, 0.15) is 10.4 Å². The Kier molecular flexibility index (Phi) is 6.19. The van der Waals surface area contributed by atoms with Crippen molar-refractivity contribution in [1.29, 1.82) is 0 Å². The smallest absolute Gasteiger partial charge is 0.269 e. The van der Waals surface area contributed by atoms with Gasteiger partial charge in [-0.15, -0.1) is 0 Å². The van der Waals surface area contributed by atoms with Gasteiger partial charge in [0.2, 0.25) is 0 Å². The molecule has 0 fully saturated rings. The fraction of sp³-hybridized carbons (Fsp3) is 0.0588. The summed E-state index contributed by atoms with van der Waals surface area (Å²) in [5.74, 6) is 0.167. The van der Waals surface area contributed by atoms with Crippen molar-refractivity contribution < 1.29 is 14.5 Å². The Morgan fingerprint density at radius 1 is 1.28 bits per heavy atom. The van der Waals surface area contributed by atoms with E-state index in [-0.39, 0.29) is 16.4 Å². The molecule has 0 saturated carbocycles. The molecule has 0 saturated heterocycles. The quantitative estimate of drug-likeness (QED) is 0.357. The maximum Gasteiger partial charge on any atom is 0.269 e. The molecule has 25 heavy (non-hydrogen) atoms. The van der Waals surface area contributed by atoms with Gasteiger partial charge in [-0.05, 0) is 36.5 Å². The van der Waals surface area contributed by atoms with E-state index in [9.17, 15) is 14.9 Å². The third-order valence-electron chi connectivity index (χ3n) is 3.03. The Morgan fingerprint density at radius 3 is 2.64 bits per heavy atom. The highest BCUT2D eigenvalue weighted by atomic mass is 32.1. The number of carbonyl (C=O) groups excluding carboxylic acids is 1. The molecule has 8 heteroatoms. The topological polar surface area (TPSA) is 93.5 Å². The summed E-state index contributed by atoms with van der Waals surface area (Å²) in [7, 11) is 0. The first kappa shape index (κ1) is 18.1. The number of nitro groups is 1. The predicted octanol–water partition coefficient (Wildman–Crippen LogP) is 3.29. The summed E-state index contributed by atoms with van der Waals surface area (Å²) >= 11 is 5.10. The minimum absolute atomic E-state index is 0.0893. The first-order valence-electron chi connectivity index (χ1n) is 7.20. The summed E-state index contributed by atoms with van der Waals surface area (Å²) in [6, 6.07) is 12.3. The minimum Gasteiger partial charge on any atom is -0.489 e. The monoisotopic (exact) mass is 357 g/mol. The Labute approximate surface area is 149 Å². The van der Waals surface area contributed by atoms with Crippen molar-refractivity contribution in [3.05, 3.63) is 76.9 Å². The molecule has 128 valence electrons. The van der Waals surface area contributed by atoms with Crippen LogP contribution in [0.4, 0.5) is 11.4 Å². The van der Waals surface area contributed by atoms with Gasteiger partial charge in [0.15, 0.2) is 5.11 Å². The molecule has 0 aliphatic heterocycles. The van der Waals surface area contributed by atoms with Gasteiger partial charge in [0.25, 0.3) is 11.6 Å². The lowest BCUT2D eigenvalue weighted by molar-refractivity contribution is -0.384. The van der Waals surface area contributed by atoms with E-state index in [2.05, 4.69) is 17.2 Å². The average Bonchev–Trinajstić information content (AvgIpc) is 2.60. The van der Waals surface area contributed by atoms with E-state index in [1.807, 2.05) is 0 Å². The van der Waals surface area contributed by atoms with E-state index in [4.69, 9.17) is 17.0 Å². The number of hydrogen-bond donors (Lipinski definition) is 2. The molecule has 2 aromatic rings. The van der Waals surface area contributed by atoms with Crippen LogP contribution in [0, 0.1) is 10.1 Å². The molecule has 0 aliphatic rings. The number of ether oxygens (including phenoxy) is 1. The molecule has 0 heterocycles. The first-order valence-corrected chi connectivity index (χ1v) is 7.61. The lowest BCUT2D eigenvalue weighted by Gasteiger charge is -2.11. The normalized spacial score (nSPS) is 9.76. The van der Waals surface area contributed by atoms with Gasteiger partial charge in [-0.3, -0.25) is 20.2 Å². The maximum atomic E-state index is 12.1. The number of anilines is 1. The molecule has 0 spiro atoms. The van der Waals surface area contributed by atoms with Crippen LogP contribution in [0.25, 0.3) is 0 Å². The summed E-state index contributed by atoms with van der Waals surface area (Å²) in [4.78, 5) is 22.2. The van der Waals surface area contributed by atoms with Crippen LogP contribution in [-0.4, -0.2) is 22.5 Å². The van der Waals surface area contributed by atoms with Crippen LogP contribution in [0.5, 0.6) is 5.75 Å². The Morgan fingerprint density at radius 2 is 2.00 bits per heavy atom. The van der Waals surface area contributed by atoms with Gasteiger partial charge in [-0.1, -0.05) is 18.7 Å². The van der Waals surface area contributed by atoms with Gasteiger partial charge in [0.05, 0.1) is 4.92 Å². The molecule has 0 unspecified atom stereocenters. The van der Waals surface area contributed by atoms with Gasteiger partial charge in [-0.25, -0.2) is 0 Å². The van der Waals surface area contributed by atoms with Crippen molar-refractivity contribution in [2.24, 2.45) is 0 Å². The summed E-state index contributed by atoms with van der Waals surface area (Å²) in [5, 5.41) is 16.1. The van der Waals surface area contributed by atoms with E-state index in [0.717, 1.165) is 0 Å². The molecule has 0 bridgehead atoms. The van der Waals surface area contributed by atoms with Gasteiger partial charge in [-0.2, -0.15) is 0 Å². The zero-order valence-corrected chi connectivity index (χ0v) is 13.9. The van der Waals surface area contributed by atoms with Crippen molar-refractivity contribution in [2.75, 3.05) is 11.9 Å². The fourth-order valence-electron chi connectivity index (χ4n) is 1.89. The van der Waals surface area contributed by atoms with Crippen LogP contribution in [-0.2, 0) is 0 Å². The number of amides is 1. The van der Waals surface area contributed by atoms with Crippen molar-refractivity contribution in [3.8, 4) is 5.75 Å². The van der Waals surface area contributed by atoms with Crippen molar-refractivity contribution in [2.45, 2.75) is 0 Å². The van der Waals surface area contributed by atoms with Gasteiger partial charge in [0, 0.05) is 29.4 Å². The third kappa shape index (κ3) is 5.40. The van der Waals surface area contributed by atoms with Crippen LogP contribution in [0.2, 0.25) is 0 Å². The van der Waals surface area contributed by atoms with Crippen LogP contribution < -0.4 is 15.4 Å². The number of carbonyl (C=O) groups is 1. The number of benzene rings is 2. The molecule has 0 atom stereocenters. The van der Waals surface area contributed by atoms with Crippen molar-refractivity contribution >= 4 is 34.6 Å². The zero-order valence-electron chi connectivity index (χ0n) is 13.1. The Balaban J connectivity index is 1.96. The van der Waals surface area contributed by atoms with Crippen molar-refractivity contribution in [1.82, 2.24) is 5.32 Å². The van der Waals surface area contributed by atoms with Crippen molar-refractivity contribution in [3.63, 3.8) is 0 Å². The molecule has 7 nitrogen and oxygen atoms in total. The SMILES string of the molecule is C=CCOc1cccc(NC(=S)NC(=O)c2ccc([N+](=O)[O-])cc2)c1. The molecule has 2 N–H and O–H groups in total. The lowest BCUT2D eigenvalue weighted by Crippen LogP contribution is -2.34. The highest BCUT2D eigenvalue weighted by Crippen LogP contribution is 2.17. The molecule has 1 amide bonds. The molecule has 0 radical (unpaired) electrons. The number of nitro benzene ring substituents is 1. The lowest BCUT2D eigenvalue weighted by atomic mass is 10.2. The van der Waals surface area contributed by atoms with Crippen LogP contribution in [0.15, 0.2) is 61.2 Å². The second-order valence-corrected chi connectivity index (χ2v) is 5.25. The van der Waals surface area contributed by atoms with Crippen LogP contribution in [0.3, 0.4) is 0 Å². The number of hydrogen-bond acceptors (Lipinski definition) is 5. The van der Waals surface area contributed by atoms with E-state index in [1.165, 1.54) is 24.3 Å². The van der Waals surface area contributed by atoms with E-state index in [1.54, 1.807) is 30.3 Å². The van der Waals surface area contributed by atoms with E-state index in [0.29, 0.717) is 18.0 Å². The molecule has 2 aromatic carbocycles. The van der Waals surface area contributed by atoms with Crippen LogP contribution >= 0.6 is 12.2 Å². The standard InChI is InChI=1S/C17H15N3O4S/c1-2-10-24-15-5-3-4-13(11-15)18-17(25)19-16(21)12-6-8-14(9-7-12)20(22)23/h2-9,11H,1,10H2,(H2,18,19,21,25). The third-order valence-corrected chi connectivity index (χ3v) is 3.23. The molecule has 2 rings (SSSR count). The number of non-ortho nitro benzene ring substituents is 1. The maximum absolute atomic E-state index is 12.1. The fourth-order valence-corrected chi connectivity index (χ4v) is 2.10. The molecular weight excluding hydrogens is 342 g/mol. The number of rotatable bonds is 6.